The van der Waals surface area contributed by atoms with Gasteiger partial charge >= 0.3 is 0 Å². The molecule has 0 aliphatic carbocycles. The highest BCUT2D eigenvalue weighted by Gasteiger charge is 2.32. The lowest BCUT2D eigenvalue weighted by molar-refractivity contribution is -0.124. The van der Waals surface area contributed by atoms with Crippen molar-refractivity contribution in [1.82, 2.24) is 5.32 Å². The van der Waals surface area contributed by atoms with Gasteiger partial charge in [-0.15, -0.1) is 0 Å². The first-order chi connectivity index (χ1) is 8.41. The molecule has 1 aromatic rings. The Labute approximate surface area is 106 Å². The van der Waals surface area contributed by atoms with Crippen molar-refractivity contribution in [2.45, 2.75) is 19.4 Å². The number of halogens is 1. The predicted octanol–water partition coefficient (Wildman–Crippen LogP) is 1.07. The molecule has 5 heteroatoms. The fourth-order valence-electron chi connectivity index (χ4n) is 1.64. The van der Waals surface area contributed by atoms with Crippen molar-refractivity contribution < 1.29 is 13.9 Å². The van der Waals surface area contributed by atoms with E-state index >= 15 is 0 Å². The molecular weight excluding hydrogens is 235 g/mol. The van der Waals surface area contributed by atoms with E-state index in [0.29, 0.717) is 24.3 Å². The van der Waals surface area contributed by atoms with Crippen molar-refractivity contribution in [3.05, 3.63) is 35.1 Å². The molecule has 0 bridgehead atoms. The smallest absolute Gasteiger partial charge is 0.242 e. The number of nitrogens with one attached hydrogen (secondary N) is 1. The first kappa shape index (κ1) is 14.6. The second-order valence-electron chi connectivity index (χ2n) is 4.37. The van der Waals surface area contributed by atoms with E-state index in [1.165, 1.54) is 6.07 Å². The Balaban J connectivity index is 3.02. The number of amides is 1. The van der Waals surface area contributed by atoms with Gasteiger partial charge in [0.15, 0.2) is 0 Å². The summed E-state index contributed by atoms with van der Waals surface area (Å²) in [7, 11) is 1.56. The zero-order chi connectivity index (χ0) is 13.8. The third kappa shape index (κ3) is 3.05. The second kappa shape index (κ2) is 5.93. The molecule has 0 aromatic heterocycles. The lowest BCUT2D eigenvalue weighted by atomic mass is 9.90. The molecule has 0 radical (unpaired) electrons. The molecule has 1 unspecified atom stereocenters. The number of primary amides is 1. The number of rotatable bonds is 6. The summed E-state index contributed by atoms with van der Waals surface area (Å²) in [6, 6.07) is 4.66. The van der Waals surface area contributed by atoms with Crippen LogP contribution in [0.4, 0.5) is 4.39 Å². The van der Waals surface area contributed by atoms with Crippen LogP contribution in [0.15, 0.2) is 18.2 Å². The third-order valence-corrected chi connectivity index (χ3v) is 3.03. The van der Waals surface area contributed by atoms with Crippen LogP contribution in [0.5, 0.6) is 0 Å². The van der Waals surface area contributed by atoms with Crippen LogP contribution >= 0.6 is 0 Å². The van der Waals surface area contributed by atoms with Crippen LogP contribution in [-0.4, -0.2) is 26.2 Å². The van der Waals surface area contributed by atoms with Crippen LogP contribution in [0, 0.1) is 12.7 Å². The molecule has 1 atom stereocenters. The van der Waals surface area contributed by atoms with Crippen LogP contribution in [0.1, 0.15) is 18.1 Å². The molecule has 0 aliphatic heterocycles. The van der Waals surface area contributed by atoms with E-state index < -0.39 is 11.4 Å². The van der Waals surface area contributed by atoms with Gasteiger partial charge in [0, 0.05) is 13.7 Å². The highest BCUT2D eigenvalue weighted by Crippen LogP contribution is 2.22. The van der Waals surface area contributed by atoms with Crippen LogP contribution in [0.25, 0.3) is 0 Å². The fourth-order valence-corrected chi connectivity index (χ4v) is 1.64. The molecule has 0 saturated heterocycles. The molecule has 1 aromatic carbocycles. The Morgan fingerprint density at radius 2 is 2.22 bits per heavy atom. The van der Waals surface area contributed by atoms with Crippen molar-refractivity contribution >= 4 is 5.91 Å². The Morgan fingerprint density at radius 1 is 1.56 bits per heavy atom. The van der Waals surface area contributed by atoms with E-state index in [0.717, 1.165) is 0 Å². The van der Waals surface area contributed by atoms with Gasteiger partial charge in [0.1, 0.15) is 11.4 Å². The number of benzene rings is 1. The molecule has 0 fully saturated rings. The molecular formula is C13H19FN2O2. The van der Waals surface area contributed by atoms with Crippen molar-refractivity contribution in [3.8, 4) is 0 Å². The summed E-state index contributed by atoms with van der Waals surface area (Å²) in [4.78, 5) is 11.6. The molecule has 18 heavy (non-hydrogen) atoms. The van der Waals surface area contributed by atoms with E-state index in [2.05, 4.69) is 5.32 Å². The maximum Gasteiger partial charge on any atom is 0.242 e. The SMILES string of the molecule is COCCNC(C)(C(N)=O)c1ccc(C)c(F)c1. The van der Waals surface area contributed by atoms with Gasteiger partial charge in [-0.1, -0.05) is 12.1 Å². The van der Waals surface area contributed by atoms with Crippen LogP contribution < -0.4 is 11.1 Å². The normalized spacial score (nSPS) is 14.2. The monoisotopic (exact) mass is 254 g/mol. The van der Waals surface area contributed by atoms with Gasteiger partial charge in [0.2, 0.25) is 5.91 Å². The summed E-state index contributed by atoms with van der Waals surface area (Å²) in [5, 5.41) is 2.99. The molecule has 1 rings (SSSR count). The second-order valence-corrected chi connectivity index (χ2v) is 4.37. The number of ether oxygens (including phenoxy) is 1. The summed E-state index contributed by atoms with van der Waals surface area (Å²) >= 11 is 0. The zero-order valence-electron chi connectivity index (χ0n) is 10.9. The van der Waals surface area contributed by atoms with E-state index in [-0.39, 0.29) is 5.82 Å². The van der Waals surface area contributed by atoms with Crippen LogP contribution in [0.2, 0.25) is 0 Å². The molecule has 0 spiro atoms. The zero-order valence-corrected chi connectivity index (χ0v) is 10.9. The van der Waals surface area contributed by atoms with Gasteiger partial charge in [0.05, 0.1) is 6.61 Å². The number of carbonyl (C=O) groups is 1. The van der Waals surface area contributed by atoms with Crippen LogP contribution in [0.3, 0.4) is 0 Å². The van der Waals surface area contributed by atoms with Gasteiger partial charge < -0.3 is 10.5 Å². The topological polar surface area (TPSA) is 64.3 Å². The molecule has 0 heterocycles. The minimum atomic E-state index is -1.10. The fraction of sp³-hybridized carbons (Fsp3) is 0.462. The average molecular weight is 254 g/mol. The van der Waals surface area contributed by atoms with E-state index in [4.69, 9.17) is 10.5 Å². The predicted molar refractivity (Wildman–Crippen MR) is 67.6 cm³/mol. The summed E-state index contributed by atoms with van der Waals surface area (Å²) < 4.78 is 18.5. The van der Waals surface area contributed by atoms with Crippen molar-refractivity contribution in [3.63, 3.8) is 0 Å². The Bertz CT molecular complexity index is 437. The molecule has 100 valence electrons. The van der Waals surface area contributed by atoms with Gasteiger partial charge in [-0.2, -0.15) is 0 Å². The standard InChI is InChI=1S/C13H19FN2O2/c1-9-4-5-10(8-11(9)14)13(2,12(15)17)16-6-7-18-3/h4-5,8,16H,6-7H2,1-3H3,(H2,15,17). The summed E-state index contributed by atoms with van der Waals surface area (Å²) in [6.07, 6.45) is 0. The number of aryl methyl sites for hydroxylation is 1. The van der Waals surface area contributed by atoms with Crippen molar-refractivity contribution in [2.24, 2.45) is 5.73 Å². The van der Waals surface area contributed by atoms with E-state index in [9.17, 15) is 9.18 Å². The highest BCUT2D eigenvalue weighted by atomic mass is 19.1. The van der Waals surface area contributed by atoms with E-state index in [1.807, 2.05) is 0 Å². The summed E-state index contributed by atoms with van der Waals surface area (Å²) in [5.74, 6) is -0.907. The molecule has 4 nitrogen and oxygen atoms in total. The third-order valence-electron chi connectivity index (χ3n) is 3.03. The molecule has 0 aliphatic rings. The first-order valence-corrected chi connectivity index (χ1v) is 5.72. The number of methoxy groups -OCH3 is 1. The molecule has 3 N–H and O–H groups in total. The quantitative estimate of drug-likeness (QED) is 0.746. The minimum absolute atomic E-state index is 0.353. The highest BCUT2D eigenvalue weighted by molar-refractivity contribution is 5.85. The largest absolute Gasteiger partial charge is 0.383 e. The van der Waals surface area contributed by atoms with Crippen molar-refractivity contribution in [2.75, 3.05) is 20.3 Å². The molecule has 1 amide bonds. The maximum atomic E-state index is 13.6. The first-order valence-electron chi connectivity index (χ1n) is 5.72. The van der Waals surface area contributed by atoms with Crippen molar-refractivity contribution in [1.29, 1.82) is 0 Å². The lowest BCUT2D eigenvalue weighted by Gasteiger charge is -2.28. The maximum absolute atomic E-state index is 13.6. The number of hydrogen-bond acceptors (Lipinski definition) is 3. The van der Waals surface area contributed by atoms with Gasteiger partial charge in [0.25, 0.3) is 0 Å². The summed E-state index contributed by atoms with van der Waals surface area (Å²) in [5.41, 5.74) is 5.34. The number of hydrogen-bond donors (Lipinski definition) is 2. The number of carbonyl (C=O) groups excluding carboxylic acids is 1. The average Bonchev–Trinajstić information content (AvgIpc) is 2.32. The number of nitrogens with two attached hydrogens (primary N) is 1. The van der Waals surface area contributed by atoms with Gasteiger partial charge in [-0.3, -0.25) is 10.1 Å². The Morgan fingerprint density at radius 3 is 2.72 bits per heavy atom. The van der Waals surface area contributed by atoms with E-state index in [1.54, 1.807) is 33.1 Å². The Kier molecular flexibility index (Phi) is 4.81. The minimum Gasteiger partial charge on any atom is -0.383 e. The lowest BCUT2D eigenvalue weighted by Crippen LogP contribution is -2.51. The van der Waals surface area contributed by atoms with Gasteiger partial charge in [-0.25, -0.2) is 4.39 Å². The Hall–Kier alpha value is -1.46. The molecule has 0 saturated carbocycles. The van der Waals surface area contributed by atoms with Gasteiger partial charge in [-0.05, 0) is 31.0 Å². The van der Waals surface area contributed by atoms with Crippen LogP contribution in [-0.2, 0) is 15.1 Å². The summed E-state index contributed by atoms with van der Waals surface area (Å²) in [6.45, 7) is 4.19.